The van der Waals surface area contributed by atoms with Crippen LogP contribution in [0, 0.1) is 0 Å². The third kappa shape index (κ3) is 10.4. The fraction of sp³-hybridized carbons (Fsp3) is 0.722. The van der Waals surface area contributed by atoms with Gasteiger partial charge in [0, 0.05) is 26.1 Å². The summed E-state index contributed by atoms with van der Waals surface area (Å²) in [5.41, 5.74) is 0. The summed E-state index contributed by atoms with van der Waals surface area (Å²) in [6.45, 7) is 3.39. The first-order valence-corrected chi connectivity index (χ1v) is 10.4. The second-order valence-electron chi connectivity index (χ2n) is 6.06. The van der Waals surface area contributed by atoms with Gasteiger partial charge in [0.25, 0.3) is 0 Å². The maximum Gasteiger partial charge on any atom is 0.191 e. The average Bonchev–Trinajstić information content (AvgIpc) is 3.13. The van der Waals surface area contributed by atoms with Crippen LogP contribution in [0.25, 0.3) is 0 Å². The Morgan fingerprint density at radius 3 is 2.88 bits per heavy atom. The Hall–Kier alpha value is -0.410. The van der Waals surface area contributed by atoms with E-state index in [4.69, 9.17) is 14.1 Å². The molecular formula is C18H32IN3O2S. The molecule has 1 saturated heterocycles. The second-order valence-corrected chi connectivity index (χ2v) is 7.05. The molecule has 1 aliphatic rings. The molecule has 0 spiro atoms. The van der Waals surface area contributed by atoms with Crippen molar-refractivity contribution in [1.29, 1.82) is 0 Å². The summed E-state index contributed by atoms with van der Waals surface area (Å²) in [4.78, 5) is 4.72. The van der Waals surface area contributed by atoms with E-state index in [9.17, 15) is 0 Å². The van der Waals surface area contributed by atoms with Gasteiger partial charge >= 0.3 is 0 Å². The van der Waals surface area contributed by atoms with Crippen LogP contribution in [0.4, 0.5) is 0 Å². The zero-order valence-corrected chi connectivity index (χ0v) is 18.3. The molecule has 0 aromatic carbocycles. The van der Waals surface area contributed by atoms with Crippen LogP contribution in [0.15, 0.2) is 27.8 Å². The first-order valence-electron chi connectivity index (χ1n) is 9.03. The van der Waals surface area contributed by atoms with Crippen LogP contribution in [0.5, 0.6) is 0 Å². The van der Waals surface area contributed by atoms with Gasteiger partial charge in [-0.05, 0) is 56.2 Å². The molecule has 2 heterocycles. The van der Waals surface area contributed by atoms with Crippen molar-refractivity contribution in [2.45, 2.75) is 44.6 Å². The highest BCUT2D eigenvalue weighted by Crippen LogP contribution is 2.12. The van der Waals surface area contributed by atoms with Crippen LogP contribution < -0.4 is 10.6 Å². The molecule has 0 radical (unpaired) electrons. The summed E-state index contributed by atoms with van der Waals surface area (Å²) in [6, 6.07) is 3.93. The fourth-order valence-corrected chi connectivity index (χ4v) is 3.15. The second kappa shape index (κ2) is 14.7. The van der Waals surface area contributed by atoms with E-state index in [2.05, 4.69) is 16.9 Å². The Labute approximate surface area is 173 Å². The van der Waals surface area contributed by atoms with Crippen molar-refractivity contribution in [3.63, 3.8) is 0 Å². The van der Waals surface area contributed by atoms with E-state index < -0.39 is 0 Å². The van der Waals surface area contributed by atoms with E-state index in [0.717, 1.165) is 50.8 Å². The van der Waals surface area contributed by atoms with E-state index in [0.29, 0.717) is 0 Å². The molecule has 2 N–H and O–H groups in total. The zero-order valence-electron chi connectivity index (χ0n) is 15.2. The highest BCUT2D eigenvalue weighted by molar-refractivity contribution is 14.0. The summed E-state index contributed by atoms with van der Waals surface area (Å²) in [5, 5.41) is 6.85. The maximum absolute atomic E-state index is 5.77. The molecule has 7 heteroatoms. The molecule has 0 bridgehead atoms. The van der Waals surface area contributed by atoms with Gasteiger partial charge in [-0.3, -0.25) is 4.99 Å². The smallest absolute Gasteiger partial charge is 0.191 e. The zero-order chi connectivity index (χ0) is 16.9. The monoisotopic (exact) mass is 481 g/mol. The Morgan fingerprint density at radius 1 is 1.28 bits per heavy atom. The molecular weight excluding hydrogens is 449 g/mol. The first kappa shape index (κ1) is 22.6. The molecule has 2 rings (SSSR count). The van der Waals surface area contributed by atoms with E-state index >= 15 is 0 Å². The van der Waals surface area contributed by atoms with Gasteiger partial charge in [-0.25, -0.2) is 0 Å². The lowest BCUT2D eigenvalue weighted by atomic mass is 10.1. The quantitative estimate of drug-likeness (QED) is 0.231. The SMILES string of the molecule is CSCCCCNC(=NCC1CCCCO1)NCCc1ccco1.I. The largest absolute Gasteiger partial charge is 0.469 e. The molecule has 1 unspecified atom stereocenters. The number of furan rings is 1. The Balaban J connectivity index is 0.00000312. The number of rotatable bonds is 10. The van der Waals surface area contributed by atoms with Crippen molar-refractivity contribution in [2.24, 2.45) is 4.99 Å². The molecule has 0 amide bonds. The van der Waals surface area contributed by atoms with Crippen molar-refractivity contribution in [3.05, 3.63) is 24.2 Å². The van der Waals surface area contributed by atoms with E-state index in [-0.39, 0.29) is 30.1 Å². The van der Waals surface area contributed by atoms with Crippen LogP contribution in [0.3, 0.4) is 0 Å². The van der Waals surface area contributed by atoms with Crippen molar-refractivity contribution in [1.82, 2.24) is 10.6 Å². The molecule has 5 nitrogen and oxygen atoms in total. The lowest BCUT2D eigenvalue weighted by molar-refractivity contribution is 0.0224. The standard InChI is InChI=1S/C18H31N3O2S.HI/c1-24-14-5-3-10-19-18(20-11-9-16-8-6-13-22-16)21-15-17-7-2-4-12-23-17;/h6,8,13,17H,2-5,7,9-12,14-15H2,1H3,(H2,19,20,21);1H. The van der Waals surface area contributed by atoms with Crippen molar-refractivity contribution in [2.75, 3.05) is 38.2 Å². The Bertz CT molecular complexity index is 451. The fourth-order valence-electron chi connectivity index (χ4n) is 2.66. The van der Waals surface area contributed by atoms with Gasteiger partial charge in [0.15, 0.2) is 5.96 Å². The number of aliphatic imine (C=N–C) groups is 1. The Kier molecular flexibility index (Phi) is 13.3. The minimum atomic E-state index is 0. The molecule has 1 aromatic rings. The number of nitrogens with zero attached hydrogens (tertiary/aromatic N) is 1. The third-order valence-corrected chi connectivity index (χ3v) is 4.74. The van der Waals surface area contributed by atoms with Crippen molar-refractivity contribution >= 4 is 41.7 Å². The predicted octanol–water partition coefficient (Wildman–Crippen LogP) is 3.69. The number of thioether (sulfide) groups is 1. The minimum absolute atomic E-state index is 0. The molecule has 1 aliphatic heterocycles. The molecule has 1 fully saturated rings. The summed E-state index contributed by atoms with van der Waals surface area (Å²) < 4.78 is 11.1. The summed E-state index contributed by atoms with van der Waals surface area (Å²) in [7, 11) is 0. The van der Waals surface area contributed by atoms with Crippen LogP contribution in [0.2, 0.25) is 0 Å². The van der Waals surface area contributed by atoms with Crippen molar-refractivity contribution < 1.29 is 9.15 Å². The van der Waals surface area contributed by atoms with E-state index in [1.54, 1.807) is 6.26 Å². The van der Waals surface area contributed by atoms with Gasteiger partial charge in [-0.1, -0.05) is 0 Å². The highest BCUT2D eigenvalue weighted by Gasteiger charge is 2.13. The summed E-state index contributed by atoms with van der Waals surface area (Å²) in [5.74, 6) is 3.10. The van der Waals surface area contributed by atoms with E-state index in [1.807, 2.05) is 23.9 Å². The van der Waals surface area contributed by atoms with Gasteiger partial charge in [0.2, 0.25) is 0 Å². The van der Waals surface area contributed by atoms with Crippen LogP contribution in [-0.4, -0.2) is 50.3 Å². The summed E-state index contributed by atoms with van der Waals surface area (Å²) in [6.07, 6.45) is 11.0. The first-order chi connectivity index (χ1) is 11.9. The lowest BCUT2D eigenvalue weighted by Gasteiger charge is -2.21. The van der Waals surface area contributed by atoms with Gasteiger partial charge in [-0.2, -0.15) is 11.8 Å². The molecule has 144 valence electrons. The van der Waals surface area contributed by atoms with Gasteiger partial charge in [0.1, 0.15) is 5.76 Å². The van der Waals surface area contributed by atoms with E-state index in [1.165, 1.54) is 31.4 Å². The number of hydrogen-bond acceptors (Lipinski definition) is 4. The Morgan fingerprint density at radius 2 is 2.16 bits per heavy atom. The average molecular weight is 481 g/mol. The number of halogens is 1. The number of guanidine groups is 1. The number of nitrogens with one attached hydrogen (secondary N) is 2. The van der Waals surface area contributed by atoms with Crippen molar-refractivity contribution in [3.8, 4) is 0 Å². The molecule has 1 atom stereocenters. The molecule has 0 saturated carbocycles. The van der Waals surface area contributed by atoms with Gasteiger partial charge in [0.05, 0.1) is 18.9 Å². The van der Waals surface area contributed by atoms with Crippen LogP contribution in [-0.2, 0) is 11.2 Å². The number of unbranched alkanes of at least 4 members (excludes halogenated alkanes) is 1. The van der Waals surface area contributed by atoms with Crippen LogP contribution >= 0.6 is 35.7 Å². The topological polar surface area (TPSA) is 58.8 Å². The predicted molar refractivity (Wildman–Crippen MR) is 117 cm³/mol. The third-order valence-electron chi connectivity index (χ3n) is 4.04. The van der Waals surface area contributed by atoms with Gasteiger partial charge in [-0.15, -0.1) is 24.0 Å². The van der Waals surface area contributed by atoms with Crippen LogP contribution in [0.1, 0.15) is 37.9 Å². The summed E-state index contributed by atoms with van der Waals surface area (Å²) >= 11 is 1.90. The number of ether oxygens (including phenoxy) is 1. The molecule has 0 aliphatic carbocycles. The molecule has 25 heavy (non-hydrogen) atoms. The minimum Gasteiger partial charge on any atom is -0.469 e. The highest BCUT2D eigenvalue weighted by atomic mass is 127. The van der Waals surface area contributed by atoms with Gasteiger partial charge < -0.3 is 19.8 Å². The number of hydrogen-bond donors (Lipinski definition) is 2. The maximum atomic E-state index is 5.77. The normalized spacial score (nSPS) is 17.8. The molecule has 1 aromatic heterocycles. The lowest BCUT2D eigenvalue weighted by Crippen LogP contribution is -2.39.